The van der Waals surface area contributed by atoms with Gasteiger partial charge in [-0.2, -0.15) is 4.98 Å². The Hall–Kier alpha value is -1.89. The van der Waals surface area contributed by atoms with Gasteiger partial charge in [0.25, 0.3) is 0 Å². The quantitative estimate of drug-likeness (QED) is 0.848. The van der Waals surface area contributed by atoms with Gasteiger partial charge in [-0.15, -0.1) is 5.10 Å². The summed E-state index contributed by atoms with van der Waals surface area (Å²) in [5.74, 6) is 2.92. The van der Waals surface area contributed by atoms with Crippen molar-refractivity contribution in [1.82, 2.24) is 25.7 Å². The highest BCUT2D eigenvalue weighted by Gasteiger charge is 2.35. The van der Waals surface area contributed by atoms with Crippen molar-refractivity contribution >= 4 is 5.95 Å². The first-order chi connectivity index (χ1) is 9.79. The summed E-state index contributed by atoms with van der Waals surface area (Å²) in [5, 5.41) is 14.8. The Morgan fingerprint density at radius 2 is 2.35 bits per heavy atom. The number of hydrogen-bond acceptors (Lipinski definition) is 6. The molecule has 7 nitrogen and oxygen atoms in total. The standard InChI is InChI=1S/C13H18N6O/c1-8-5-10(18-20-8)12-15-13(17-16-12)19-6-9-3-2-4-14-11(9)7-19/h5,9,11,14H,2-4,6-7H2,1H3,(H,15,16,17). The monoisotopic (exact) mass is 274 g/mol. The molecule has 2 fully saturated rings. The van der Waals surface area contributed by atoms with E-state index in [9.17, 15) is 0 Å². The van der Waals surface area contributed by atoms with Gasteiger partial charge in [-0.1, -0.05) is 5.16 Å². The zero-order valence-electron chi connectivity index (χ0n) is 11.5. The second kappa shape index (κ2) is 4.59. The third-order valence-corrected chi connectivity index (χ3v) is 4.23. The molecule has 0 aromatic carbocycles. The number of anilines is 1. The molecule has 2 aromatic heterocycles. The first kappa shape index (κ1) is 11.9. The van der Waals surface area contributed by atoms with Crippen molar-refractivity contribution in [3.8, 4) is 11.5 Å². The molecule has 0 amide bonds. The lowest BCUT2D eigenvalue weighted by Gasteiger charge is -2.24. The number of aromatic nitrogens is 4. The Morgan fingerprint density at radius 3 is 3.15 bits per heavy atom. The summed E-state index contributed by atoms with van der Waals surface area (Å²) in [6, 6.07) is 2.44. The van der Waals surface area contributed by atoms with Crippen LogP contribution in [0.15, 0.2) is 10.6 Å². The number of fused-ring (bicyclic) bond motifs is 1. The van der Waals surface area contributed by atoms with Crippen molar-refractivity contribution < 1.29 is 4.52 Å². The summed E-state index contributed by atoms with van der Waals surface area (Å²) in [5.41, 5.74) is 0.705. The molecule has 2 aliphatic heterocycles. The molecule has 0 radical (unpaired) electrons. The van der Waals surface area contributed by atoms with Gasteiger partial charge in [-0.3, -0.25) is 5.10 Å². The van der Waals surface area contributed by atoms with E-state index < -0.39 is 0 Å². The minimum absolute atomic E-state index is 0.583. The zero-order valence-corrected chi connectivity index (χ0v) is 11.5. The number of nitrogens with one attached hydrogen (secondary N) is 2. The smallest absolute Gasteiger partial charge is 0.245 e. The summed E-state index contributed by atoms with van der Waals surface area (Å²) in [4.78, 5) is 6.79. The topological polar surface area (TPSA) is 82.9 Å². The average molecular weight is 274 g/mol. The van der Waals surface area contributed by atoms with Crippen LogP contribution in [-0.4, -0.2) is 46.0 Å². The van der Waals surface area contributed by atoms with Crippen LogP contribution in [0.4, 0.5) is 5.95 Å². The molecule has 2 saturated heterocycles. The maximum absolute atomic E-state index is 5.07. The van der Waals surface area contributed by atoms with Crippen molar-refractivity contribution in [2.45, 2.75) is 25.8 Å². The van der Waals surface area contributed by atoms with Gasteiger partial charge in [-0.25, -0.2) is 0 Å². The van der Waals surface area contributed by atoms with E-state index >= 15 is 0 Å². The first-order valence-corrected chi connectivity index (χ1v) is 7.14. The van der Waals surface area contributed by atoms with Crippen LogP contribution in [-0.2, 0) is 0 Å². The highest BCUT2D eigenvalue weighted by Crippen LogP contribution is 2.28. The molecule has 4 heterocycles. The van der Waals surface area contributed by atoms with Gasteiger partial charge in [0.05, 0.1) is 0 Å². The molecule has 4 rings (SSSR count). The van der Waals surface area contributed by atoms with Gasteiger partial charge in [0, 0.05) is 25.2 Å². The number of piperidine rings is 1. The third-order valence-electron chi connectivity index (χ3n) is 4.23. The molecule has 0 spiro atoms. The van der Waals surface area contributed by atoms with E-state index in [0.717, 1.165) is 37.3 Å². The van der Waals surface area contributed by atoms with Gasteiger partial charge in [0.2, 0.25) is 5.95 Å². The van der Waals surface area contributed by atoms with Gasteiger partial charge < -0.3 is 14.7 Å². The van der Waals surface area contributed by atoms with Gasteiger partial charge in [0.1, 0.15) is 5.76 Å². The van der Waals surface area contributed by atoms with E-state index in [2.05, 4.69) is 30.6 Å². The van der Waals surface area contributed by atoms with Gasteiger partial charge in [0.15, 0.2) is 11.5 Å². The normalized spacial score (nSPS) is 25.9. The zero-order chi connectivity index (χ0) is 13.5. The molecule has 2 atom stereocenters. The molecule has 2 aromatic rings. The summed E-state index contributed by atoms with van der Waals surface area (Å²) in [7, 11) is 0. The largest absolute Gasteiger partial charge is 0.361 e. The molecule has 0 aliphatic carbocycles. The van der Waals surface area contributed by atoms with Crippen LogP contribution in [0.5, 0.6) is 0 Å². The predicted molar refractivity (Wildman–Crippen MR) is 73.3 cm³/mol. The molecule has 20 heavy (non-hydrogen) atoms. The molecular weight excluding hydrogens is 256 g/mol. The molecule has 2 N–H and O–H groups in total. The van der Waals surface area contributed by atoms with E-state index in [-0.39, 0.29) is 0 Å². The maximum Gasteiger partial charge on any atom is 0.245 e. The number of aryl methyl sites for hydroxylation is 1. The van der Waals surface area contributed by atoms with Crippen molar-refractivity contribution in [2.24, 2.45) is 5.92 Å². The summed E-state index contributed by atoms with van der Waals surface area (Å²) in [6.07, 6.45) is 2.57. The van der Waals surface area contributed by atoms with Crippen molar-refractivity contribution in [3.05, 3.63) is 11.8 Å². The minimum atomic E-state index is 0.583. The van der Waals surface area contributed by atoms with Crippen LogP contribution >= 0.6 is 0 Å². The molecule has 0 bridgehead atoms. The van der Waals surface area contributed by atoms with E-state index in [1.807, 2.05) is 13.0 Å². The number of aromatic amines is 1. The first-order valence-electron chi connectivity index (χ1n) is 7.14. The Bertz CT molecular complexity index is 592. The summed E-state index contributed by atoms with van der Waals surface area (Å²) in [6.45, 7) is 5.02. The number of nitrogens with zero attached hydrogens (tertiary/aromatic N) is 4. The highest BCUT2D eigenvalue weighted by atomic mass is 16.5. The van der Waals surface area contributed by atoms with Crippen LogP contribution in [0.1, 0.15) is 18.6 Å². The molecule has 0 saturated carbocycles. The molecule has 106 valence electrons. The minimum Gasteiger partial charge on any atom is -0.361 e. The molecule has 2 unspecified atom stereocenters. The Kier molecular flexibility index (Phi) is 2.73. The molecular formula is C13H18N6O. The fourth-order valence-electron chi connectivity index (χ4n) is 3.20. The van der Waals surface area contributed by atoms with Crippen LogP contribution < -0.4 is 10.2 Å². The number of H-pyrrole nitrogens is 1. The molecule has 7 heteroatoms. The second-order valence-corrected chi connectivity index (χ2v) is 5.67. The lowest BCUT2D eigenvalue weighted by molar-refractivity contribution is 0.340. The van der Waals surface area contributed by atoms with Crippen molar-refractivity contribution in [1.29, 1.82) is 0 Å². The van der Waals surface area contributed by atoms with E-state index in [0.29, 0.717) is 17.6 Å². The van der Waals surface area contributed by atoms with E-state index in [1.165, 1.54) is 12.8 Å². The third kappa shape index (κ3) is 1.98. The Balaban J connectivity index is 1.54. The maximum atomic E-state index is 5.07. The van der Waals surface area contributed by atoms with Crippen LogP contribution in [0.25, 0.3) is 11.5 Å². The number of rotatable bonds is 2. The van der Waals surface area contributed by atoms with Crippen molar-refractivity contribution in [3.63, 3.8) is 0 Å². The number of hydrogen-bond donors (Lipinski definition) is 2. The van der Waals surface area contributed by atoms with Gasteiger partial charge in [-0.05, 0) is 32.2 Å². The van der Waals surface area contributed by atoms with Crippen LogP contribution in [0, 0.1) is 12.8 Å². The van der Waals surface area contributed by atoms with Gasteiger partial charge >= 0.3 is 0 Å². The SMILES string of the molecule is Cc1cc(-c2nc(N3CC4CCCNC4C3)n[nH]2)no1. The Labute approximate surface area is 116 Å². The fourth-order valence-corrected chi connectivity index (χ4v) is 3.20. The van der Waals surface area contributed by atoms with Crippen LogP contribution in [0.3, 0.4) is 0 Å². The van der Waals surface area contributed by atoms with Crippen molar-refractivity contribution in [2.75, 3.05) is 24.5 Å². The predicted octanol–water partition coefficient (Wildman–Crippen LogP) is 0.956. The highest BCUT2D eigenvalue weighted by molar-refractivity contribution is 5.51. The second-order valence-electron chi connectivity index (χ2n) is 5.67. The van der Waals surface area contributed by atoms with E-state index in [1.54, 1.807) is 0 Å². The van der Waals surface area contributed by atoms with Crippen LogP contribution in [0.2, 0.25) is 0 Å². The molecule has 2 aliphatic rings. The Morgan fingerprint density at radius 1 is 1.40 bits per heavy atom. The average Bonchev–Trinajstić information content (AvgIpc) is 3.16. The summed E-state index contributed by atoms with van der Waals surface area (Å²) >= 11 is 0. The fraction of sp³-hybridized carbons (Fsp3) is 0.615. The summed E-state index contributed by atoms with van der Waals surface area (Å²) < 4.78 is 5.07. The lowest BCUT2D eigenvalue weighted by atomic mass is 9.94. The lowest BCUT2D eigenvalue weighted by Crippen LogP contribution is -2.40. The van der Waals surface area contributed by atoms with E-state index in [4.69, 9.17) is 4.52 Å².